The maximum atomic E-state index is 12.2. The fraction of sp³-hybridized carbons (Fsp3) is 0.545. The van der Waals surface area contributed by atoms with Crippen LogP contribution < -0.4 is 10.2 Å². The van der Waals surface area contributed by atoms with Crippen LogP contribution >= 0.6 is 11.3 Å². The number of hydrogen-bond donors (Lipinski definition) is 1. The van der Waals surface area contributed by atoms with Gasteiger partial charge in [0.1, 0.15) is 0 Å². The quantitative estimate of drug-likeness (QED) is 0.864. The second-order valence-corrected chi connectivity index (χ2v) is 5.55. The SMILES string of the molecule is Cn1nnc(NC(=O)N2CCCN(c3nccs3)CC2)n1. The third kappa shape index (κ3) is 3.27. The maximum absolute atomic E-state index is 12.2. The van der Waals surface area contributed by atoms with Crippen molar-refractivity contribution in [1.82, 2.24) is 30.1 Å². The van der Waals surface area contributed by atoms with E-state index in [1.54, 1.807) is 29.5 Å². The lowest BCUT2D eigenvalue weighted by Crippen LogP contribution is -2.38. The highest BCUT2D eigenvalue weighted by Crippen LogP contribution is 2.19. The molecule has 0 bridgehead atoms. The van der Waals surface area contributed by atoms with Crippen LogP contribution in [0.5, 0.6) is 0 Å². The molecule has 1 aliphatic rings. The van der Waals surface area contributed by atoms with Gasteiger partial charge in [-0.05, 0) is 11.6 Å². The number of amides is 2. The van der Waals surface area contributed by atoms with Crippen molar-refractivity contribution in [1.29, 1.82) is 0 Å². The number of carbonyl (C=O) groups excluding carboxylic acids is 1. The summed E-state index contributed by atoms with van der Waals surface area (Å²) < 4.78 is 0. The van der Waals surface area contributed by atoms with Crippen LogP contribution in [0.2, 0.25) is 0 Å². The normalized spacial score (nSPS) is 15.9. The van der Waals surface area contributed by atoms with Gasteiger partial charge in [-0.25, -0.2) is 9.78 Å². The Morgan fingerprint density at radius 3 is 2.95 bits per heavy atom. The highest BCUT2D eigenvalue weighted by Gasteiger charge is 2.21. The first-order valence-electron chi connectivity index (χ1n) is 6.67. The number of nitrogens with zero attached hydrogens (tertiary/aromatic N) is 7. The fourth-order valence-electron chi connectivity index (χ4n) is 2.19. The molecule has 0 atom stereocenters. The molecule has 0 unspecified atom stereocenters. The number of tetrazole rings is 1. The predicted molar refractivity (Wildman–Crippen MR) is 78.3 cm³/mol. The van der Waals surface area contributed by atoms with Crippen molar-refractivity contribution >= 4 is 28.4 Å². The Bertz CT molecular complexity index is 597. The summed E-state index contributed by atoms with van der Waals surface area (Å²) in [6.07, 6.45) is 2.70. The van der Waals surface area contributed by atoms with E-state index in [1.807, 2.05) is 5.38 Å². The van der Waals surface area contributed by atoms with E-state index in [1.165, 1.54) is 4.80 Å². The number of hydrogen-bond acceptors (Lipinski definition) is 7. The highest BCUT2D eigenvalue weighted by atomic mass is 32.1. The zero-order valence-electron chi connectivity index (χ0n) is 11.6. The molecule has 1 aliphatic heterocycles. The van der Waals surface area contributed by atoms with E-state index in [0.29, 0.717) is 13.1 Å². The Morgan fingerprint density at radius 2 is 2.24 bits per heavy atom. The number of thiazole rings is 1. The predicted octanol–water partition coefficient (Wildman–Crippen LogP) is 0.411. The van der Waals surface area contributed by atoms with Crippen molar-refractivity contribution in [3.8, 4) is 0 Å². The summed E-state index contributed by atoms with van der Waals surface area (Å²) in [5.41, 5.74) is 0. The van der Waals surface area contributed by atoms with E-state index < -0.39 is 0 Å². The Labute approximate surface area is 125 Å². The summed E-state index contributed by atoms with van der Waals surface area (Å²) in [4.78, 5) is 21.8. The summed E-state index contributed by atoms with van der Waals surface area (Å²) in [7, 11) is 1.65. The van der Waals surface area contributed by atoms with Crippen molar-refractivity contribution in [2.45, 2.75) is 6.42 Å². The number of nitrogens with one attached hydrogen (secondary N) is 1. The van der Waals surface area contributed by atoms with Gasteiger partial charge in [-0.15, -0.1) is 16.4 Å². The lowest BCUT2D eigenvalue weighted by atomic mass is 10.4. The van der Waals surface area contributed by atoms with Gasteiger partial charge in [-0.1, -0.05) is 5.10 Å². The van der Waals surface area contributed by atoms with Crippen molar-refractivity contribution in [2.75, 3.05) is 36.4 Å². The largest absolute Gasteiger partial charge is 0.346 e. The van der Waals surface area contributed by atoms with Crippen LogP contribution in [0, 0.1) is 0 Å². The number of carbonyl (C=O) groups is 1. The van der Waals surface area contributed by atoms with E-state index >= 15 is 0 Å². The van der Waals surface area contributed by atoms with Crippen molar-refractivity contribution in [3.63, 3.8) is 0 Å². The molecule has 2 aromatic rings. The minimum absolute atomic E-state index is 0.191. The molecule has 1 N–H and O–H groups in total. The summed E-state index contributed by atoms with van der Waals surface area (Å²) >= 11 is 1.62. The highest BCUT2D eigenvalue weighted by molar-refractivity contribution is 7.13. The Hall–Kier alpha value is -2.23. The summed E-state index contributed by atoms with van der Waals surface area (Å²) in [5, 5.41) is 17.0. The van der Waals surface area contributed by atoms with E-state index in [-0.39, 0.29) is 12.0 Å². The number of rotatable bonds is 2. The van der Waals surface area contributed by atoms with Gasteiger partial charge < -0.3 is 9.80 Å². The molecular weight excluding hydrogens is 292 g/mol. The van der Waals surface area contributed by atoms with Gasteiger partial charge in [-0.3, -0.25) is 5.32 Å². The van der Waals surface area contributed by atoms with Gasteiger partial charge in [-0.2, -0.15) is 4.80 Å². The topological polar surface area (TPSA) is 92.1 Å². The zero-order chi connectivity index (χ0) is 14.7. The number of urea groups is 1. The molecule has 0 spiro atoms. The molecule has 2 amide bonds. The van der Waals surface area contributed by atoms with E-state index in [0.717, 1.165) is 24.6 Å². The number of aryl methyl sites for hydroxylation is 1. The Balaban J connectivity index is 1.58. The third-order valence-corrected chi connectivity index (χ3v) is 4.03. The number of anilines is 2. The maximum Gasteiger partial charge on any atom is 0.324 e. The molecule has 0 aliphatic carbocycles. The monoisotopic (exact) mass is 308 g/mol. The lowest BCUT2D eigenvalue weighted by Gasteiger charge is -2.21. The van der Waals surface area contributed by atoms with Crippen molar-refractivity contribution < 1.29 is 4.79 Å². The molecule has 0 saturated carbocycles. The van der Waals surface area contributed by atoms with Gasteiger partial charge >= 0.3 is 6.03 Å². The molecule has 2 aromatic heterocycles. The van der Waals surface area contributed by atoms with Crippen LogP contribution in [0.15, 0.2) is 11.6 Å². The molecule has 112 valence electrons. The van der Waals surface area contributed by atoms with Crippen LogP contribution in [0.1, 0.15) is 6.42 Å². The zero-order valence-corrected chi connectivity index (χ0v) is 12.5. The molecule has 9 nitrogen and oxygen atoms in total. The van der Waals surface area contributed by atoms with Crippen LogP contribution in [0.3, 0.4) is 0 Å². The third-order valence-electron chi connectivity index (χ3n) is 3.20. The first-order valence-corrected chi connectivity index (χ1v) is 7.55. The van der Waals surface area contributed by atoms with E-state index in [4.69, 9.17) is 0 Å². The lowest BCUT2D eigenvalue weighted by molar-refractivity contribution is 0.215. The Kier molecular flexibility index (Phi) is 3.95. The minimum Gasteiger partial charge on any atom is -0.346 e. The van der Waals surface area contributed by atoms with Gasteiger partial charge in [0.05, 0.1) is 7.05 Å². The molecule has 3 rings (SSSR count). The van der Waals surface area contributed by atoms with Crippen LogP contribution in [0.4, 0.5) is 15.9 Å². The fourth-order valence-corrected chi connectivity index (χ4v) is 2.89. The smallest absolute Gasteiger partial charge is 0.324 e. The molecule has 21 heavy (non-hydrogen) atoms. The minimum atomic E-state index is -0.191. The second-order valence-electron chi connectivity index (χ2n) is 4.67. The summed E-state index contributed by atoms with van der Waals surface area (Å²) in [6.45, 7) is 3.02. The molecule has 0 radical (unpaired) electrons. The molecule has 3 heterocycles. The van der Waals surface area contributed by atoms with E-state index in [9.17, 15) is 4.79 Å². The van der Waals surface area contributed by atoms with Gasteiger partial charge in [0.15, 0.2) is 5.13 Å². The van der Waals surface area contributed by atoms with Gasteiger partial charge in [0, 0.05) is 37.8 Å². The van der Waals surface area contributed by atoms with Crippen LogP contribution in [-0.4, -0.2) is 62.3 Å². The molecule has 1 fully saturated rings. The molecular formula is C11H16N8OS. The van der Waals surface area contributed by atoms with Crippen molar-refractivity contribution in [2.24, 2.45) is 7.05 Å². The van der Waals surface area contributed by atoms with E-state index in [2.05, 4.69) is 30.6 Å². The average molecular weight is 308 g/mol. The van der Waals surface area contributed by atoms with Crippen LogP contribution in [-0.2, 0) is 7.05 Å². The number of aromatic nitrogens is 5. The Morgan fingerprint density at radius 1 is 1.33 bits per heavy atom. The standard InChI is InChI=1S/C11H16N8OS/c1-17-15-9(14-16-17)13-10(20)18-4-2-5-19(7-6-18)11-12-3-8-21-11/h3,8H,2,4-7H2,1H3,(H,13,15,20). The first-order chi connectivity index (χ1) is 10.2. The first kappa shape index (κ1) is 13.7. The molecule has 10 heteroatoms. The van der Waals surface area contributed by atoms with Gasteiger partial charge in [0.2, 0.25) is 0 Å². The summed E-state index contributed by atoms with van der Waals surface area (Å²) in [6, 6.07) is -0.191. The summed E-state index contributed by atoms with van der Waals surface area (Å²) in [5.74, 6) is 0.225. The second kappa shape index (κ2) is 6.04. The molecule has 0 aromatic carbocycles. The molecule has 1 saturated heterocycles. The van der Waals surface area contributed by atoms with Crippen LogP contribution in [0.25, 0.3) is 0 Å². The average Bonchev–Trinajstić information content (AvgIpc) is 3.06. The van der Waals surface area contributed by atoms with Gasteiger partial charge in [0.25, 0.3) is 5.95 Å². The van der Waals surface area contributed by atoms with Crippen molar-refractivity contribution in [3.05, 3.63) is 11.6 Å².